The second kappa shape index (κ2) is 6.75. The number of esters is 1. The van der Waals surface area contributed by atoms with Gasteiger partial charge in [0.25, 0.3) is 0 Å². The first kappa shape index (κ1) is 16.5. The molecule has 2 aromatic rings. The van der Waals surface area contributed by atoms with Crippen molar-refractivity contribution < 1.29 is 19.1 Å². The summed E-state index contributed by atoms with van der Waals surface area (Å²) in [5, 5.41) is 0. The third-order valence-corrected chi connectivity index (χ3v) is 5.16. The number of rotatable bonds is 3. The zero-order valence-corrected chi connectivity index (χ0v) is 14.3. The second-order valence-electron chi connectivity index (χ2n) is 6.76. The van der Waals surface area contributed by atoms with E-state index < -0.39 is 5.97 Å². The number of benzene rings is 2. The van der Waals surface area contributed by atoms with Gasteiger partial charge in [-0.3, -0.25) is 14.5 Å². The van der Waals surface area contributed by atoms with Crippen LogP contribution in [0.15, 0.2) is 54.6 Å². The van der Waals surface area contributed by atoms with Gasteiger partial charge in [0.15, 0.2) is 0 Å². The zero-order valence-electron chi connectivity index (χ0n) is 14.3. The van der Waals surface area contributed by atoms with E-state index in [2.05, 4.69) is 0 Å². The number of anilines is 1. The van der Waals surface area contributed by atoms with E-state index in [0.29, 0.717) is 17.0 Å². The van der Waals surface area contributed by atoms with Crippen molar-refractivity contribution in [3.8, 4) is 5.75 Å². The molecule has 1 saturated carbocycles. The predicted octanol–water partition coefficient (Wildman–Crippen LogP) is 3.59. The van der Waals surface area contributed by atoms with Crippen LogP contribution in [0.25, 0.3) is 0 Å². The van der Waals surface area contributed by atoms with Gasteiger partial charge in [-0.15, -0.1) is 0 Å². The highest BCUT2D eigenvalue weighted by Gasteiger charge is 2.48. The molecule has 2 atom stereocenters. The van der Waals surface area contributed by atoms with Crippen molar-refractivity contribution in [3.63, 3.8) is 0 Å². The Balaban J connectivity index is 1.50. The van der Waals surface area contributed by atoms with Gasteiger partial charge in [0.1, 0.15) is 5.75 Å². The number of ether oxygens (including phenoxy) is 1. The Hall–Kier alpha value is -2.95. The van der Waals surface area contributed by atoms with Crippen LogP contribution in [0.2, 0.25) is 0 Å². The molecular weight excluding hydrogens is 330 g/mol. The number of nitrogens with zero attached hydrogens (tertiary/aromatic N) is 1. The molecule has 4 rings (SSSR count). The van der Waals surface area contributed by atoms with Crippen LogP contribution in [0.1, 0.15) is 36.0 Å². The molecule has 0 radical (unpaired) electrons. The van der Waals surface area contributed by atoms with Gasteiger partial charge in [0.05, 0.1) is 23.1 Å². The fourth-order valence-corrected chi connectivity index (χ4v) is 3.82. The van der Waals surface area contributed by atoms with Gasteiger partial charge in [-0.2, -0.15) is 0 Å². The van der Waals surface area contributed by atoms with Crippen LogP contribution < -0.4 is 9.64 Å². The van der Waals surface area contributed by atoms with E-state index in [-0.39, 0.29) is 23.7 Å². The van der Waals surface area contributed by atoms with Crippen LogP contribution in [-0.4, -0.2) is 17.8 Å². The van der Waals surface area contributed by atoms with E-state index >= 15 is 0 Å². The molecule has 5 heteroatoms. The first-order valence-electron chi connectivity index (χ1n) is 8.90. The quantitative estimate of drug-likeness (QED) is 0.483. The maximum atomic E-state index is 12.6. The molecule has 1 aliphatic carbocycles. The maximum absolute atomic E-state index is 12.6. The molecule has 2 fully saturated rings. The minimum Gasteiger partial charge on any atom is -0.423 e. The Labute approximate surface area is 151 Å². The van der Waals surface area contributed by atoms with Gasteiger partial charge in [-0.25, -0.2) is 4.79 Å². The van der Waals surface area contributed by atoms with Crippen molar-refractivity contribution in [3.05, 3.63) is 60.2 Å². The topological polar surface area (TPSA) is 63.7 Å². The van der Waals surface area contributed by atoms with Crippen molar-refractivity contribution in [2.75, 3.05) is 4.90 Å². The lowest BCUT2D eigenvalue weighted by molar-refractivity contribution is -0.122. The van der Waals surface area contributed by atoms with E-state index in [1.807, 2.05) is 6.07 Å². The van der Waals surface area contributed by atoms with E-state index in [1.54, 1.807) is 48.5 Å². The lowest BCUT2D eigenvalue weighted by Gasteiger charge is -2.19. The summed E-state index contributed by atoms with van der Waals surface area (Å²) in [6, 6.07) is 15.2. The highest BCUT2D eigenvalue weighted by atomic mass is 16.5. The summed E-state index contributed by atoms with van der Waals surface area (Å²) in [4.78, 5) is 38.6. The SMILES string of the molecule is O=C(Oc1ccc(N2C(=O)C3CCCCC3C2=O)cc1)c1ccccc1. The molecule has 1 heterocycles. The molecule has 2 aromatic carbocycles. The molecule has 0 aromatic heterocycles. The second-order valence-corrected chi connectivity index (χ2v) is 6.76. The van der Waals surface area contributed by atoms with Gasteiger partial charge in [-0.1, -0.05) is 31.0 Å². The minimum atomic E-state index is -0.447. The molecule has 5 nitrogen and oxygen atoms in total. The van der Waals surface area contributed by atoms with Gasteiger partial charge < -0.3 is 4.74 Å². The molecule has 26 heavy (non-hydrogen) atoms. The monoisotopic (exact) mass is 349 g/mol. The van der Waals surface area contributed by atoms with Gasteiger partial charge in [0.2, 0.25) is 11.8 Å². The van der Waals surface area contributed by atoms with Crippen molar-refractivity contribution in [2.45, 2.75) is 25.7 Å². The Morgan fingerprint density at radius 3 is 2.00 bits per heavy atom. The smallest absolute Gasteiger partial charge is 0.343 e. The average Bonchev–Trinajstić information content (AvgIpc) is 2.94. The van der Waals surface area contributed by atoms with Gasteiger partial charge in [-0.05, 0) is 49.2 Å². The van der Waals surface area contributed by atoms with E-state index in [0.717, 1.165) is 25.7 Å². The minimum absolute atomic E-state index is 0.103. The normalized spacial score (nSPS) is 22.2. The molecule has 2 unspecified atom stereocenters. The summed E-state index contributed by atoms with van der Waals surface area (Å²) < 4.78 is 5.34. The fraction of sp³-hybridized carbons (Fsp3) is 0.286. The third kappa shape index (κ3) is 2.90. The number of hydrogen-bond acceptors (Lipinski definition) is 4. The van der Waals surface area contributed by atoms with Crippen LogP contribution in [0, 0.1) is 11.8 Å². The van der Waals surface area contributed by atoms with Crippen LogP contribution in [-0.2, 0) is 9.59 Å². The highest BCUT2D eigenvalue weighted by Crippen LogP contribution is 2.40. The van der Waals surface area contributed by atoms with E-state index in [9.17, 15) is 14.4 Å². The predicted molar refractivity (Wildman–Crippen MR) is 95.8 cm³/mol. The lowest BCUT2D eigenvalue weighted by Crippen LogP contribution is -2.30. The van der Waals surface area contributed by atoms with Gasteiger partial charge >= 0.3 is 5.97 Å². The first-order valence-corrected chi connectivity index (χ1v) is 8.90. The molecule has 0 bridgehead atoms. The fourth-order valence-electron chi connectivity index (χ4n) is 3.82. The third-order valence-electron chi connectivity index (χ3n) is 5.16. The van der Waals surface area contributed by atoms with Crippen LogP contribution in [0.3, 0.4) is 0 Å². The number of carbonyl (C=O) groups excluding carboxylic acids is 3. The van der Waals surface area contributed by atoms with Crippen molar-refractivity contribution in [2.24, 2.45) is 11.8 Å². The molecule has 1 saturated heterocycles. The molecule has 2 amide bonds. The van der Waals surface area contributed by atoms with Crippen LogP contribution in [0.5, 0.6) is 5.75 Å². The number of hydrogen-bond donors (Lipinski definition) is 0. The lowest BCUT2D eigenvalue weighted by atomic mass is 9.81. The van der Waals surface area contributed by atoms with Crippen molar-refractivity contribution >= 4 is 23.5 Å². The molecule has 132 valence electrons. The summed E-state index contributed by atoms with van der Waals surface area (Å²) in [6.45, 7) is 0. The van der Waals surface area contributed by atoms with E-state index in [1.165, 1.54) is 4.90 Å². The maximum Gasteiger partial charge on any atom is 0.343 e. The Bertz CT molecular complexity index is 820. The Kier molecular flexibility index (Phi) is 4.29. The average molecular weight is 349 g/mol. The Morgan fingerprint density at radius 1 is 0.846 bits per heavy atom. The summed E-state index contributed by atoms with van der Waals surface area (Å²) in [5.41, 5.74) is 1.000. The summed E-state index contributed by atoms with van der Waals surface area (Å²) in [6.07, 6.45) is 3.59. The summed E-state index contributed by atoms with van der Waals surface area (Å²) in [5.74, 6) is -0.627. The number of fused-ring (bicyclic) bond motifs is 1. The molecule has 2 aliphatic rings. The molecule has 1 aliphatic heterocycles. The molecule has 0 N–H and O–H groups in total. The van der Waals surface area contributed by atoms with E-state index in [4.69, 9.17) is 4.74 Å². The summed E-state index contributed by atoms with van der Waals surface area (Å²) >= 11 is 0. The summed E-state index contributed by atoms with van der Waals surface area (Å²) in [7, 11) is 0. The van der Waals surface area contributed by atoms with Gasteiger partial charge in [0, 0.05) is 0 Å². The van der Waals surface area contributed by atoms with Crippen molar-refractivity contribution in [1.82, 2.24) is 0 Å². The standard InChI is InChI=1S/C21H19NO4/c23-19-17-8-4-5-9-18(17)20(24)22(19)15-10-12-16(13-11-15)26-21(25)14-6-2-1-3-7-14/h1-3,6-7,10-13,17-18H,4-5,8-9H2. The molecular formula is C21H19NO4. The highest BCUT2D eigenvalue weighted by molar-refractivity contribution is 6.22. The first-order chi connectivity index (χ1) is 12.6. The number of imide groups is 1. The van der Waals surface area contributed by atoms with Crippen LogP contribution in [0.4, 0.5) is 5.69 Å². The Morgan fingerprint density at radius 2 is 1.42 bits per heavy atom. The van der Waals surface area contributed by atoms with Crippen LogP contribution >= 0.6 is 0 Å². The number of amides is 2. The van der Waals surface area contributed by atoms with Crippen molar-refractivity contribution in [1.29, 1.82) is 0 Å². The molecule has 0 spiro atoms. The largest absolute Gasteiger partial charge is 0.423 e. The zero-order chi connectivity index (χ0) is 18.1. The number of carbonyl (C=O) groups is 3.